The van der Waals surface area contributed by atoms with Gasteiger partial charge in [0.25, 0.3) is 0 Å². The standard InChI is InChI=1S/C19H13FN2O2S/c20-17-10-14(6-8-16(17)18-9-7-15(11-21)25-18)22-19(23)24-12-13-4-2-1-3-5-13/h1-10H,12H2,(H,22,23). The smallest absolute Gasteiger partial charge is 0.411 e. The van der Waals surface area contributed by atoms with Gasteiger partial charge in [-0.05, 0) is 35.9 Å². The fourth-order valence-electron chi connectivity index (χ4n) is 2.21. The Morgan fingerprint density at radius 2 is 1.96 bits per heavy atom. The average molecular weight is 352 g/mol. The Morgan fingerprint density at radius 3 is 2.64 bits per heavy atom. The maximum Gasteiger partial charge on any atom is 0.411 e. The monoisotopic (exact) mass is 352 g/mol. The van der Waals surface area contributed by atoms with Crippen molar-refractivity contribution in [2.75, 3.05) is 5.32 Å². The summed E-state index contributed by atoms with van der Waals surface area (Å²) in [6.07, 6.45) is -0.654. The molecule has 0 saturated heterocycles. The zero-order valence-corrected chi connectivity index (χ0v) is 13.8. The second-order valence-corrected chi connectivity index (χ2v) is 6.24. The van der Waals surface area contributed by atoms with Crippen LogP contribution in [0.2, 0.25) is 0 Å². The molecule has 6 heteroatoms. The minimum absolute atomic E-state index is 0.138. The third-order valence-electron chi connectivity index (χ3n) is 3.41. The first kappa shape index (κ1) is 16.7. The number of benzene rings is 2. The van der Waals surface area contributed by atoms with Crippen LogP contribution in [-0.4, -0.2) is 6.09 Å². The number of nitriles is 1. The molecule has 0 bridgehead atoms. The first-order valence-electron chi connectivity index (χ1n) is 7.43. The highest BCUT2D eigenvalue weighted by Gasteiger charge is 2.11. The highest BCUT2D eigenvalue weighted by atomic mass is 32.1. The van der Waals surface area contributed by atoms with Gasteiger partial charge in [0.2, 0.25) is 0 Å². The van der Waals surface area contributed by atoms with E-state index in [9.17, 15) is 9.18 Å². The number of ether oxygens (including phenoxy) is 1. The lowest BCUT2D eigenvalue weighted by Crippen LogP contribution is -2.13. The molecule has 1 amide bonds. The Kier molecular flexibility index (Phi) is 5.07. The maximum atomic E-state index is 14.3. The number of thiophene rings is 1. The van der Waals surface area contributed by atoms with Crippen molar-refractivity contribution in [1.29, 1.82) is 5.26 Å². The number of rotatable bonds is 4. The van der Waals surface area contributed by atoms with Gasteiger partial charge in [-0.15, -0.1) is 11.3 Å². The molecule has 0 radical (unpaired) electrons. The van der Waals surface area contributed by atoms with Crippen LogP contribution in [0.4, 0.5) is 14.9 Å². The predicted octanol–water partition coefficient (Wildman–Crippen LogP) is 5.17. The minimum atomic E-state index is -0.654. The van der Waals surface area contributed by atoms with Crippen molar-refractivity contribution in [1.82, 2.24) is 0 Å². The van der Waals surface area contributed by atoms with Crippen LogP contribution in [0.15, 0.2) is 60.7 Å². The van der Waals surface area contributed by atoms with E-state index in [4.69, 9.17) is 10.00 Å². The molecule has 0 aliphatic rings. The van der Waals surface area contributed by atoms with Crippen molar-refractivity contribution in [2.24, 2.45) is 0 Å². The van der Waals surface area contributed by atoms with Crippen molar-refractivity contribution >= 4 is 23.1 Å². The molecule has 1 aromatic heterocycles. The summed E-state index contributed by atoms with van der Waals surface area (Å²) in [5.41, 5.74) is 1.55. The number of halogens is 1. The zero-order chi connectivity index (χ0) is 17.6. The number of nitrogens with zero attached hydrogens (tertiary/aromatic N) is 1. The summed E-state index contributed by atoms with van der Waals surface area (Å²) in [7, 11) is 0. The van der Waals surface area contributed by atoms with Gasteiger partial charge in [-0.25, -0.2) is 9.18 Å². The van der Waals surface area contributed by atoms with Crippen LogP contribution in [0.25, 0.3) is 10.4 Å². The molecule has 1 N–H and O–H groups in total. The highest BCUT2D eigenvalue weighted by molar-refractivity contribution is 7.16. The Morgan fingerprint density at radius 1 is 1.16 bits per heavy atom. The molecular formula is C19H13FN2O2S. The van der Waals surface area contributed by atoms with Crippen LogP contribution < -0.4 is 5.32 Å². The largest absolute Gasteiger partial charge is 0.444 e. The van der Waals surface area contributed by atoms with Crippen LogP contribution in [-0.2, 0) is 11.3 Å². The van der Waals surface area contributed by atoms with Crippen molar-refractivity contribution in [3.63, 3.8) is 0 Å². The summed E-state index contributed by atoms with van der Waals surface area (Å²) in [5.74, 6) is -0.479. The molecule has 25 heavy (non-hydrogen) atoms. The first-order chi connectivity index (χ1) is 12.2. The third kappa shape index (κ3) is 4.22. The molecule has 124 valence electrons. The Balaban J connectivity index is 1.64. The van der Waals surface area contributed by atoms with Crippen molar-refractivity contribution in [3.8, 4) is 16.5 Å². The van der Waals surface area contributed by atoms with Crippen molar-refractivity contribution in [2.45, 2.75) is 6.61 Å². The van der Waals surface area contributed by atoms with Crippen molar-refractivity contribution < 1.29 is 13.9 Å². The Hall–Kier alpha value is -3.17. The molecule has 0 atom stereocenters. The van der Waals surface area contributed by atoms with E-state index in [0.29, 0.717) is 21.0 Å². The maximum absolute atomic E-state index is 14.3. The van der Waals surface area contributed by atoms with Crippen LogP contribution >= 0.6 is 11.3 Å². The number of nitrogens with one attached hydrogen (secondary N) is 1. The quantitative estimate of drug-likeness (QED) is 0.704. The SMILES string of the molecule is N#Cc1ccc(-c2ccc(NC(=O)OCc3ccccc3)cc2F)s1. The lowest BCUT2D eigenvalue weighted by Gasteiger charge is -2.08. The number of hydrogen-bond donors (Lipinski definition) is 1. The highest BCUT2D eigenvalue weighted by Crippen LogP contribution is 2.31. The minimum Gasteiger partial charge on any atom is -0.444 e. The molecule has 2 aromatic carbocycles. The molecule has 0 fully saturated rings. The van der Waals surface area contributed by atoms with Gasteiger partial charge >= 0.3 is 6.09 Å². The van der Waals surface area contributed by atoms with E-state index in [1.54, 1.807) is 24.3 Å². The van der Waals surface area contributed by atoms with Gasteiger partial charge in [0, 0.05) is 16.1 Å². The summed E-state index contributed by atoms with van der Waals surface area (Å²) in [6, 6.07) is 19.0. The lowest BCUT2D eigenvalue weighted by atomic mass is 10.1. The number of hydrogen-bond acceptors (Lipinski definition) is 4. The Labute approximate surface area is 148 Å². The molecule has 0 aliphatic carbocycles. The molecule has 4 nitrogen and oxygen atoms in total. The molecule has 0 saturated carbocycles. The summed E-state index contributed by atoms with van der Waals surface area (Å²) >= 11 is 1.21. The van der Waals surface area contributed by atoms with E-state index in [2.05, 4.69) is 5.32 Å². The van der Waals surface area contributed by atoms with Gasteiger partial charge in [0.05, 0.1) is 0 Å². The van der Waals surface area contributed by atoms with E-state index in [1.165, 1.54) is 17.4 Å². The molecule has 0 aliphatic heterocycles. The lowest BCUT2D eigenvalue weighted by molar-refractivity contribution is 0.155. The topological polar surface area (TPSA) is 62.1 Å². The molecular weight excluding hydrogens is 339 g/mol. The number of carbonyl (C=O) groups is 1. The van der Waals surface area contributed by atoms with Gasteiger partial charge in [-0.1, -0.05) is 30.3 Å². The number of carbonyl (C=O) groups excluding carboxylic acids is 1. The fourth-order valence-corrected chi connectivity index (χ4v) is 3.04. The molecule has 3 rings (SSSR count). The number of anilines is 1. The predicted molar refractivity (Wildman–Crippen MR) is 94.7 cm³/mol. The summed E-state index contributed by atoms with van der Waals surface area (Å²) < 4.78 is 19.4. The second-order valence-electron chi connectivity index (χ2n) is 5.16. The molecule has 0 unspecified atom stereocenters. The molecule has 3 aromatic rings. The van der Waals surface area contributed by atoms with E-state index >= 15 is 0 Å². The van der Waals surface area contributed by atoms with Crippen LogP contribution in [0.1, 0.15) is 10.4 Å². The van der Waals surface area contributed by atoms with E-state index in [-0.39, 0.29) is 6.61 Å². The second kappa shape index (κ2) is 7.60. The molecule has 0 spiro atoms. The van der Waals surface area contributed by atoms with Crippen molar-refractivity contribution in [3.05, 3.63) is 76.9 Å². The molecule has 1 heterocycles. The van der Waals surface area contributed by atoms with Gasteiger partial charge < -0.3 is 4.74 Å². The van der Waals surface area contributed by atoms with Gasteiger partial charge in [-0.3, -0.25) is 5.32 Å². The van der Waals surface area contributed by atoms with E-state index in [0.717, 1.165) is 5.56 Å². The summed E-state index contributed by atoms with van der Waals surface area (Å²) in [6.45, 7) is 0.138. The van der Waals surface area contributed by atoms with Crippen LogP contribution in [0, 0.1) is 17.1 Å². The average Bonchev–Trinajstić information content (AvgIpc) is 3.10. The fraction of sp³-hybridized carbons (Fsp3) is 0.0526. The van der Waals surface area contributed by atoms with E-state index < -0.39 is 11.9 Å². The third-order valence-corrected chi connectivity index (χ3v) is 4.43. The van der Waals surface area contributed by atoms with Crippen LogP contribution in [0.3, 0.4) is 0 Å². The Bertz CT molecular complexity index is 932. The van der Waals surface area contributed by atoms with Gasteiger partial charge in [0.15, 0.2) is 0 Å². The van der Waals surface area contributed by atoms with Crippen LogP contribution in [0.5, 0.6) is 0 Å². The zero-order valence-electron chi connectivity index (χ0n) is 13.0. The number of amides is 1. The van der Waals surface area contributed by atoms with Gasteiger partial charge in [-0.2, -0.15) is 5.26 Å². The summed E-state index contributed by atoms with van der Waals surface area (Å²) in [4.78, 5) is 13.0. The van der Waals surface area contributed by atoms with E-state index in [1.807, 2.05) is 36.4 Å². The normalized spacial score (nSPS) is 10.1. The summed E-state index contributed by atoms with van der Waals surface area (Å²) in [5, 5.41) is 11.3. The van der Waals surface area contributed by atoms with Gasteiger partial charge in [0.1, 0.15) is 23.4 Å². The first-order valence-corrected chi connectivity index (χ1v) is 8.25.